The van der Waals surface area contributed by atoms with Crippen molar-refractivity contribution < 1.29 is 14.3 Å². The van der Waals surface area contributed by atoms with E-state index >= 15 is 0 Å². The number of hydrogen-bond acceptors (Lipinski definition) is 5. The molecule has 0 saturated heterocycles. The van der Waals surface area contributed by atoms with E-state index in [4.69, 9.17) is 16.3 Å². The Bertz CT molecular complexity index is 1000. The van der Waals surface area contributed by atoms with Crippen LogP contribution >= 0.6 is 38.9 Å². The van der Waals surface area contributed by atoms with E-state index in [1.807, 2.05) is 18.4 Å². The highest BCUT2D eigenvalue weighted by Gasteiger charge is 2.26. The van der Waals surface area contributed by atoms with Gasteiger partial charge in [-0.25, -0.2) is 9.78 Å². The number of amides is 1. The van der Waals surface area contributed by atoms with Crippen LogP contribution in [0.2, 0.25) is 5.02 Å². The highest BCUT2D eigenvalue weighted by Crippen LogP contribution is 2.22. The minimum absolute atomic E-state index is 0.333. The summed E-state index contributed by atoms with van der Waals surface area (Å²) in [5.41, 5.74) is 2.56. The average Bonchev–Trinajstić information content (AvgIpc) is 3.22. The topological polar surface area (TPSA) is 72.7 Å². The molecule has 0 spiro atoms. The Labute approximate surface area is 173 Å². The second kappa shape index (κ2) is 8.41. The molecule has 0 fully saturated rings. The number of ether oxygens (including phenoxy) is 1. The molecule has 0 aliphatic rings. The standard InChI is InChI=1S/C18H17BrClN3O3S/c1-3-12-16(23-8-11(20)4-5-15(23)21-12)17(24)22-13(18(25)26-2)6-10-7-14(19)27-9-10/h4-5,7-9,13H,3,6H2,1-2H3,(H,22,24)/t13-/m1/s1. The number of methoxy groups -OCH3 is 1. The van der Waals surface area contributed by atoms with E-state index in [2.05, 4.69) is 26.2 Å². The van der Waals surface area contributed by atoms with E-state index in [-0.39, 0.29) is 0 Å². The molecule has 142 valence electrons. The quantitative estimate of drug-likeness (QED) is 0.555. The zero-order valence-electron chi connectivity index (χ0n) is 14.7. The molecular weight excluding hydrogens is 454 g/mol. The van der Waals surface area contributed by atoms with E-state index in [0.29, 0.717) is 34.9 Å². The van der Waals surface area contributed by atoms with Crippen LogP contribution in [0.15, 0.2) is 33.6 Å². The van der Waals surface area contributed by atoms with Gasteiger partial charge in [0.2, 0.25) is 0 Å². The zero-order chi connectivity index (χ0) is 19.6. The van der Waals surface area contributed by atoms with Crippen molar-refractivity contribution in [1.82, 2.24) is 14.7 Å². The molecule has 0 radical (unpaired) electrons. The highest BCUT2D eigenvalue weighted by molar-refractivity contribution is 9.11. The highest BCUT2D eigenvalue weighted by atomic mass is 79.9. The van der Waals surface area contributed by atoms with Gasteiger partial charge >= 0.3 is 5.97 Å². The number of rotatable bonds is 6. The van der Waals surface area contributed by atoms with Crippen LogP contribution in [-0.2, 0) is 22.4 Å². The average molecular weight is 471 g/mol. The van der Waals surface area contributed by atoms with Gasteiger partial charge in [0.25, 0.3) is 5.91 Å². The molecule has 3 rings (SSSR count). The molecule has 3 heterocycles. The first-order chi connectivity index (χ1) is 12.9. The van der Waals surface area contributed by atoms with Crippen molar-refractivity contribution in [1.29, 1.82) is 0 Å². The SMILES string of the molecule is CCc1nc2ccc(Cl)cn2c1C(=O)N[C@H](Cc1csc(Br)c1)C(=O)OC. The van der Waals surface area contributed by atoms with E-state index in [9.17, 15) is 9.59 Å². The summed E-state index contributed by atoms with van der Waals surface area (Å²) in [7, 11) is 1.30. The summed E-state index contributed by atoms with van der Waals surface area (Å²) in [6.07, 6.45) is 2.54. The van der Waals surface area contributed by atoms with Crippen LogP contribution in [-0.4, -0.2) is 34.4 Å². The number of aryl methyl sites for hydroxylation is 1. The smallest absolute Gasteiger partial charge is 0.328 e. The minimum Gasteiger partial charge on any atom is -0.467 e. The lowest BCUT2D eigenvalue weighted by atomic mass is 10.1. The van der Waals surface area contributed by atoms with Gasteiger partial charge in [0.15, 0.2) is 0 Å². The molecule has 0 bridgehead atoms. The maximum atomic E-state index is 13.0. The third kappa shape index (κ3) is 4.34. The lowest BCUT2D eigenvalue weighted by Crippen LogP contribution is -2.43. The monoisotopic (exact) mass is 469 g/mol. The molecule has 1 atom stereocenters. The van der Waals surface area contributed by atoms with Gasteiger partial charge in [0, 0.05) is 12.6 Å². The van der Waals surface area contributed by atoms with Gasteiger partial charge in [0.05, 0.1) is 21.6 Å². The first-order valence-electron chi connectivity index (χ1n) is 8.21. The van der Waals surface area contributed by atoms with Crippen molar-refractivity contribution in [2.45, 2.75) is 25.8 Å². The summed E-state index contributed by atoms with van der Waals surface area (Å²) in [5.74, 6) is -0.901. The van der Waals surface area contributed by atoms with E-state index < -0.39 is 17.9 Å². The molecular formula is C18H17BrClN3O3S. The third-order valence-corrected chi connectivity index (χ3v) is 5.83. The van der Waals surface area contributed by atoms with Gasteiger partial charge in [0.1, 0.15) is 17.4 Å². The Morgan fingerprint density at radius 1 is 1.44 bits per heavy atom. The van der Waals surface area contributed by atoms with Crippen molar-refractivity contribution in [3.63, 3.8) is 0 Å². The fraction of sp³-hybridized carbons (Fsp3) is 0.278. The first kappa shape index (κ1) is 19.9. The molecule has 0 aliphatic carbocycles. The molecule has 27 heavy (non-hydrogen) atoms. The van der Waals surface area contributed by atoms with Crippen molar-refractivity contribution in [2.75, 3.05) is 7.11 Å². The largest absolute Gasteiger partial charge is 0.467 e. The number of nitrogens with one attached hydrogen (secondary N) is 1. The number of nitrogens with zero attached hydrogens (tertiary/aromatic N) is 2. The van der Waals surface area contributed by atoms with Crippen LogP contribution in [0.5, 0.6) is 0 Å². The molecule has 9 heteroatoms. The van der Waals surface area contributed by atoms with Crippen LogP contribution in [0.25, 0.3) is 5.65 Å². The number of thiophene rings is 1. The summed E-state index contributed by atoms with van der Waals surface area (Å²) in [4.78, 5) is 29.7. The number of carbonyl (C=O) groups is 2. The van der Waals surface area contributed by atoms with E-state index in [1.54, 1.807) is 22.7 Å². The molecule has 6 nitrogen and oxygen atoms in total. The van der Waals surface area contributed by atoms with Crippen molar-refractivity contribution in [2.24, 2.45) is 0 Å². The summed E-state index contributed by atoms with van der Waals surface area (Å²) >= 11 is 11.0. The Hall–Kier alpha value is -1.90. The fourth-order valence-corrected chi connectivity index (χ4v) is 4.19. The number of halogens is 2. The fourth-order valence-electron chi connectivity index (χ4n) is 2.81. The summed E-state index contributed by atoms with van der Waals surface area (Å²) in [6, 6.07) is 4.58. The van der Waals surface area contributed by atoms with E-state index in [1.165, 1.54) is 18.4 Å². The first-order valence-corrected chi connectivity index (χ1v) is 10.3. The molecule has 0 unspecified atom stereocenters. The number of hydrogen-bond donors (Lipinski definition) is 1. The molecule has 3 aromatic rings. The number of carbonyl (C=O) groups excluding carboxylic acids is 2. The summed E-state index contributed by atoms with van der Waals surface area (Å²) in [5, 5.41) is 5.20. The van der Waals surface area contributed by atoms with Crippen LogP contribution in [0.1, 0.15) is 28.7 Å². The van der Waals surface area contributed by atoms with Gasteiger partial charge in [-0.15, -0.1) is 11.3 Å². The Kier molecular flexibility index (Phi) is 6.18. The van der Waals surface area contributed by atoms with Gasteiger partial charge < -0.3 is 10.1 Å². The second-order valence-corrected chi connectivity index (χ2v) is 8.58. The predicted molar refractivity (Wildman–Crippen MR) is 109 cm³/mol. The van der Waals surface area contributed by atoms with Gasteiger partial charge in [-0.05, 0) is 51.5 Å². The molecule has 1 N–H and O–H groups in total. The predicted octanol–water partition coefficient (Wildman–Crippen LogP) is 3.89. The molecule has 3 aromatic heterocycles. The van der Waals surface area contributed by atoms with Gasteiger partial charge in [-0.1, -0.05) is 18.5 Å². The maximum absolute atomic E-state index is 13.0. The molecule has 0 aromatic carbocycles. The van der Waals surface area contributed by atoms with Crippen LogP contribution in [0, 0.1) is 0 Å². The Balaban J connectivity index is 1.92. The zero-order valence-corrected chi connectivity index (χ0v) is 17.8. The van der Waals surface area contributed by atoms with E-state index in [0.717, 1.165) is 9.35 Å². The molecule has 0 aliphatic heterocycles. The summed E-state index contributed by atoms with van der Waals surface area (Å²) in [6.45, 7) is 1.92. The number of fused-ring (bicyclic) bond motifs is 1. The lowest BCUT2D eigenvalue weighted by Gasteiger charge is -2.16. The molecule has 1 amide bonds. The van der Waals surface area contributed by atoms with Crippen LogP contribution in [0.4, 0.5) is 0 Å². The Morgan fingerprint density at radius 2 is 2.22 bits per heavy atom. The number of esters is 1. The molecule has 0 saturated carbocycles. The van der Waals surface area contributed by atoms with Crippen molar-refractivity contribution in [3.05, 3.63) is 55.5 Å². The number of aromatic nitrogens is 2. The van der Waals surface area contributed by atoms with Crippen LogP contribution < -0.4 is 5.32 Å². The maximum Gasteiger partial charge on any atom is 0.328 e. The van der Waals surface area contributed by atoms with Gasteiger partial charge in [-0.2, -0.15) is 0 Å². The lowest BCUT2D eigenvalue weighted by molar-refractivity contribution is -0.142. The van der Waals surface area contributed by atoms with Crippen LogP contribution in [0.3, 0.4) is 0 Å². The van der Waals surface area contributed by atoms with Gasteiger partial charge in [-0.3, -0.25) is 9.20 Å². The second-order valence-electron chi connectivity index (χ2n) is 5.85. The minimum atomic E-state index is -0.807. The van der Waals surface area contributed by atoms with Crippen molar-refractivity contribution in [3.8, 4) is 0 Å². The van der Waals surface area contributed by atoms with Crippen molar-refractivity contribution >= 4 is 56.4 Å². The normalized spacial score (nSPS) is 12.1. The number of imidazole rings is 1. The Morgan fingerprint density at radius 3 is 2.85 bits per heavy atom. The number of pyridine rings is 1. The third-order valence-electron chi connectivity index (χ3n) is 4.06. The summed E-state index contributed by atoms with van der Waals surface area (Å²) < 4.78 is 7.47.